The van der Waals surface area contributed by atoms with E-state index in [2.05, 4.69) is 5.32 Å². The second-order valence-corrected chi connectivity index (χ2v) is 3.90. The zero-order valence-electron chi connectivity index (χ0n) is 9.72. The number of benzene rings is 2. The molecule has 0 atom stereocenters. The molecule has 2 aromatic carbocycles. The maximum atomic E-state index is 13.6. The van der Waals surface area contributed by atoms with Crippen LogP contribution in [-0.4, -0.2) is 7.05 Å². The lowest BCUT2D eigenvalue weighted by Gasteiger charge is -2.09. The van der Waals surface area contributed by atoms with Crippen molar-refractivity contribution >= 4 is 5.69 Å². The number of hydrogen-bond donors (Lipinski definition) is 1. The van der Waals surface area contributed by atoms with Crippen LogP contribution in [0.15, 0.2) is 36.4 Å². The van der Waals surface area contributed by atoms with Gasteiger partial charge in [-0.3, -0.25) is 0 Å². The highest BCUT2D eigenvalue weighted by Crippen LogP contribution is 2.27. The lowest BCUT2D eigenvalue weighted by Crippen LogP contribution is -1.93. The van der Waals surface area contributed by atoms with E-state index in [1.54, 1.807) is 0 Å². The van der Waals surface area contributed by atoms with Gasteiger partial charge in [-0.25, -0.2) is 8.78 Å². The number of hydrogen-bond acceptors (Lipinski definition) is 1. The summed E-state index contributed by atoms with van der Waals surface area (Å²) >= 11 is 0. The first-order chi connectivity index (χ1) is 8.11. The molecule has 0 spiro atoms. The fourth-order valence-electron chi connectivity index (χ4n) is 1.78. The van der Waals surface area contributed by atoms with E-state index in [1.807, 2.05) is 32.2 Å². The molecule has 1 nitrogen and oxygen atoms in total. The first-order valence-electron chi connectivity index (χ1n) is 5.35. The smallest absolute Gasteiger partial charge is 0.133 e. The summed E-state index contributed by atoms with van der Waals surface area (Å²) in [5, 5.41) is 3.04. The highest BCUT2D eigenvalue weighted by molar-refractivity contribution is 5.70. The van der Waals surface area contributed by atoms with Crippen molar-refractivity contribution in [2.75, 3.05) is 12.4 Å². The van der Waals surface area contributed by atoms with Gasteiger partial charge in [-0.15, -0.1) is 0 Å². The van der Waals surface area contributed by atoms with Crippen LogP contribution in [0.2, 0.25) is 0 Å². The van der Waals surface area contributed by atoms with Crippen LogP contribution in [0.3, 0.4) is 0 Å². The minimum Gasteiger partial charge on any atom is -0.388 e. The molecule has 0 aromatic heterocycles. The lowest BCUT2D eigenvalue weighted by molar-refractivity contribution is 0.585. The summed E-state index contributed by atoms with van der Waals surface area (Å²) in [7, 11) is 1.81. The Morgan fingerprint density at radius 2 is 1.76 bits per heavy atom. The van der Waals surface area contributed by atoms with Crippen LogP contribution >= 0.6 is 0 Å². The minimum absolute atomic E-state index is 0.405. The summed E-state index contributed by atoms with van der Waals surface area (Å²) in [6.45, 7) is 1.97. The molecule has 0 aliphatic carbocycles. The van der Waals surface area contributed by atoms with E-state index < -0.39 is 11.6 Å². The summed E-state index contributed by atoms with van der Waals surface area (Å²) in [6.07, 6.45) is 0. The van der Waals surface area contributed by atoms with Crippen molar-refractivity contribution in [1.82, 2.24) is 0 Å². The zero-order chi connectivity index (χ0) is 12.4. The van der Waals surface area contributed by atoms with Gasteiger partial charge < -0.3 is 5.32 Å². The van der Waals surface area contributed by atoms with E-state index in [-0.39, 0.29) is 0 Å². The average molecular weight is 233 g/mol. The second kappa shape index (κ2) is 4.53. The van der Waals surface area contributed by atoms with Gasteiger partial charge in [0.1, 0.15) is 11.6 Å². The van der Waals surface area contributed by atoms with E-state index in [1.165, 1.54) is 12.1 Å². The predicted molar refractivity (Wildman–Crippen MR) is 66.1 cm³/mol. The standard InChI is InChI=1S/C14H13F2N/c1-9-3-4-10(7-14(9)17-2)12-6-5-11(15)8-13(12)16/h3-8,17H,1-2H3. The Kier molecular flexibility index (Phi) is 3.09. The van der Waals surface area contributed by atoms with Crippen molar-refractivity contribution in [3.63, 3.8) is 0 Å². The molecule has 0 unspecified atom stereocenters. The number of halogens is 2. The van der Waals surface area contributed by atoms with E-state index in [0.29, 0.717) is 5.56 Å². The van der Waals surface area contributed by atoms with Gasteiger partial charge in [-0.2, -0.15) is 0 Å². The van der Waals surface area contributed by atoms with E-state index >= 15 is 0 Å². The van der Waals surface area contributed by atoms with Crippen molar-refractivity contribution < 1.29 is 8.78 Å². The van der Waals surface area contributed by atoms with Gasteiger partial charge >= 0.3 is 0 Å². The van der Waals surface area contributed by atoms with E-state index in [4.69, 9.17) is 0 Å². The highest BCUT2D eigenvalue weighted by atomic mass is 19.1. The van der Waals surface area contributed by atoms with Gasteiger partial charge in [0.25, 0.3) is 0 Å². The van der Waals surface area contributed by atoms with Gasteiger partial charge in [0.2, 0.25) is 0 Å². The Labute approximate surface area is 99.1 Å². The maximum absolute atomic E-state index is 13.6. The molecule has 3 heteroatoms. The first kappa shape index (κ1) is 11.6. The molecule has 0 fully saturated rings. The average Bonchev–Trinajstić information content (AvgIpc) is 2.30. The number of nitrogens with one attached hydrogen (secondary N) is 1. The molecule has 1 N–H and O–H groups in total. The van der Waals surface area contributed by atoms with Gasteiger partial charge in [0, 0.05) is 24.4 Å². The molecule has 2 aromatic rings. The normalized spacial score (nSPS) is 10.4. The molecular formula is C14H13F2N. The van der Waals surface area contributed by atoms with Crippen molar-refractivity contribution in [2.45, 2.75) is 6.92 Å². The Hall–Kier alpha value is -1.90. The zero-order valence-corrected chi connectivity index (χ0v) is 9.72. The summed E-state index contributed by atoms with van der Waals surface area (Å²) in [5.74, 6) is -1.11. The van der Waals surface area contributed by atoms with Crippen LogP contribution in [0, 0.1) is 18.6 Å². The van der Waals surface area contributed by atoms with Crippen LogP contribution in [-0.2, 0) is 0 Å². The van der Waals surface area contributed by atoms with Crippen molar-refractivity contribution in [3.05, 3.63) is 53.6 Å². The number of anilines is 1. The Bertz CT molecular complexity index is 550. The molecule has 0 heterocycles. The van der Waals surface area contributed by atoms with E-state index in [9.17, 15) is 8.78 Å². The third kappa shape index (κ3) is 2.28. The van der Waals surface area contributed by atoms with Crippen molar-refractivity contribution in [1.29, 1.82) is 0 Å². The third-order valence-corrected chi connectivity index (χ3v) is 2.75. The fraction of sp³-hybridized carbons (Fsp3) is 0.143. The van der Waals surface area contributed by atoms with Crippen molar-refractivity contribution in [3.8, 4) is 11.1 Å². The van der Waals surface area contributed by atoms with Crippen LogP contribution in [0.4, 0.5) is 14.5 Å². The van der Waals surface area contributed by atoms with Gasteiger partial charge in [0.15, 0.2) is 0 Å². The molecule has 2 rings (SSSR count). The Morgan fingerprint density at radius 1 is 1.00 bits per heavy atom. The van der Waals surface area contributed by atoms with Crippen LogP contribution in [0.25, 0.3) is 11.1 Å². The van der Waals surface area contributed by atoms with Gasteiger partial charge in [-0.05, 0) is 36.2 Å². The van der Waals surface area contributed by atoms with Crippen LogP contribution < -0.4 is 5.32 Å². The van der Waals surface area contributed by atoms with E-state index in [0.717, 1.165) is 22.9 Å². The van der Waals surface area contributed by atoms with Gasteiger partial charge in [-0.1, -0.05) is 12.1 Å². The molecule has 0 saturated heterocycles. The molecule has 17 heavy (non-hydrogen) atoms. The van der Waals surface area contributed by atoms with Gasteiger partial charge in [0.05, 0.1) is 0 Å². The summed E-state index contributed by atoms with van der Waals surface area (Å²) in [6, 6.07) is 9.20. The molecule has 0 radical (unpaired) electrons. The largest absolute Gasteiger partial charge is 0.388 e. The van der Waals surface area contributed by atoms with Crippen LogP contribution in [0.1, 0.15) is 5.56 Å². The van der Waals surface area contributed by atoms with Crippen LogP contribution in [0.5, 0.6) is 0 Å². The minimum atomic E-state index is -0.563. The second-order valence-electron chi connectivity index (χ2n) is 3.90. The molecule has 0 bridgehead atoms. The first-order valence-corrected chi connectivity index (χ1v) is 5.35. The monoisotopic (exact) mass is 233 g/mol. The molecular weight excluding hydrogens is 220 g/mol. The molecule has 0 aliphatic heterocycles. The topological polar surface area (TPSA) is 12.0 Å². The fourth-order valence-corrected chi connectivity index (χ4v) is 1.78. The quantitative estimate of drug-likeness (QED) is 0.827. The Balaban J connectivity index is 2.53. The SMILES string of the molecule is CNc1cc(-c2ccc(F)cc2F)ccc1C. The molecule has 0 saturated carbocycles. The summed E-state index contributed by atoms with van der Waals surface area (Å²) in [5.41, 5.74) is 3.16. The maximum Gasteiger partial charge on any atom is 0.133 e. The Morgan fingerprint density at radius 3 is 2.41 bits per heavy atom. The molecule has 0 amide bonds. The number of aryl methyl sites for hydroxylation is 1. The number of rotatable bonds is 2. The predicted octanol–water partition coefficient (Wildman–Crippen LogP) is 3.98. The third-order valence-electron chi connectivity index (χ3n) is 2.75. The highest BCUT2D eigenvalue weighted by Gasteiger charge is 2.07. The lowest BCUT2D eigenvalue weighted by atomic mass is 10.0. The summed E-state index contributed by atoms with van der Waals surface area (Å²) in [4.78, 5) is 0. The summed E-state index contributed by atoms with van der Waals surface area (Å²) < 4.78 is 26.4. The molecule has 0 aliphatic rings. The van der Waals surface area contributed by atoms with Crippen molar-refractivity contribution in [2.24, 2.45) is 0 Å². The molecule has 88 valence electrons.